The smallest absolute Gasteiger partial charge is 0.220 e. The molecule has 0 aromatic rings. The van der Waals surface area contributed by atoms with Gasteiger partial charge in [0.05, 0.1) is 25.4 Å². The van der Waals surface area contributed by atoms with Crippen molar-refractivity contribution >= 4 is 5.91 Å². The van der Waals surface area contributed by atoms with Gasteiger partial charge in [0.1, 0.15) is 24.4 Å². The van der Waals surface area contributed by atoms with Gasteiger partial charge in [-0.2, -0.15) is 0 Å². The van der Waals surface area contributed by atoms with Crippen LogP contribution in [0.3, 0.4) is 0 Å². The summed E-state index contributed by atoms with van der Waals surface area (Å²) in [4.78, 5) is 13.1. The first-order chi connectivity index (χ1) is 38.8. The summed E-state index contributed by atoms with van der Waals surface area (Å²) in [6.45, 7) is 3.84. The van der Waals surface area contributed by atoms with Crippen molar-refractivity contribution in [1.82, 2.24) is 5.32 Å². The van der Waals surface area contributed by atoms with Crippen molar-refractivity contribution in [2.24, 2.45) is 0 Å². The zero-order chi connectivity index (χ0) is 57.2. The standard InChI is InChI=1S/C70H135NO8/c1-3-5-7-9-11-13-15-17-19-21-23-25-27-29-30-31-32-33-34-36-38-40-42-44-46-48-50-52-54-56-58-60-66(74)71-63(62-78-70-69(77)68(76)67(75)65(61-72)79-70)64(73)59-57-55-53-51-49-47-45-43-41-39-37-35-28-26-24-22-20-18-16-14-12-10-8-6-4-2/h21,23,57,59,63-65,67-70,72-73,75-77H,3-20,22,24-56,58,60-62H2,1-2H3,(H,71,74)/b23-21-,59-57+. The molecule has 0 aromatic carbocycles. The minimum atomic E-state index is -1.57. The van der Waals surface area contributed by atoms with Crippen molar-refractivity contribution in [3.05, 3.63) is 24.3 Å². The van der Waals surface area contributed by atoms with Gasteiger partial charge in [0, 0.05) is 6.42 Å². The van der Waals surface area contributed by atoms with Crippen molar-refractivity contribution in [1.29, 1.82) is 0 Å². The number of hydrogen-bond donors (Lipinski definition) is 6. The Morgan fingerprint density at radius 1 is 0.418 bits per heavy atom. The van der Waals surface area contributed by atoms with E-state index in [-0.39, 0.29) is 12.5 Å². The van der Waals surface area contributed by atoms with E-state index < -0.39 is 49.5 Å². The Labute approximate surface area is 489 Å². The summed E-state index contributed by atoms with van der Waals surface area (Å²) in [5.74, 6) is -0.168. The number of unbranched alkanes of at least 4 members (excludes halogenated alkanes) is 50. The quantitative estimate of drug-likeness (QED) is 0.0261. The fraction of sp³-hybridized carbons (Fsp3) is 0.929. The van der Waals surface area contributed by atoms with Gasteiger partial charge in [-0.05, 0) is 44.9 Å². The summed E-state index contributed by atoms with van der Waals surface area (Å²) in [5.41, 5.74) is 0. The molecule has 7 atom stereocenters. The second kappa shape index (κ2) is 59.8. The monoisotopic (exact) mass is 1120 g/mol. The van der Waals surface area contributed by atoms with Crippen LogP contribution in [0.1, 0.15) is 361 Å². The van der Waals surface area contributed by atoms with E-state index in [0.29, 0.717) is 6.42 Å². The Kier molecular flexibility index (Phi) is 57.3. The van der Waals surface area contributed by atoms with Gasteiger partial charge in [0.15, 0.2) is 6.29 Å². The van der Waals surface area contributed by atoms with Crippen LogP contribution in [0.25, 0.3) is 0 Å². The Hall–Kier alpha value is -1.33. The number of carbonyl (C=O) groups is 1. The van der Waals surface area contributed by atoms with Crippen LogP contribution < -0.4 is 5.32 Å². The second-order valence-corrected chi connectivity index (χ2v) is 24.7. The summed E-state index contributed by atoms with van der Waals surface area (Å²) in [6.07, 6.45) is 71.4. The number of carbonyl (C=O) groups excluding carboxylic acids is 1. The first kappa shape index (κ1) is 75.7. The van der Waals surface area contributed by atoms with Crippen molar-refractivity contribution in [2.75, 3.05) is 13.2 Å². The number of hydrogen-bond acceptors (Lipinski definition) is 8. The van der Waals surface area contributed by atoms with Gasteiger partial charge in [-0.25, -0.2) is 0 Å². The Balaban J connectivity index is 2.12. The van der Waals surface area contributed by atoms with Crippen LogP contribution in [0, 0.1) is 0 Å². The maximum absolute atomic E-state index is 13.1. The average Bonchev–Trinajstić information content (AvgIpc) is 3.47. The number of aliphatic hydroxyl groups is 5. The molecule has 1 aliphatic rings. The summed E-state index contributed by atoms with van der Waals surface area (Å²) in [5, 5.41) is 54.8. The fourth-order valence-corrected chi connectivity index (χ4v) is 11.5. The molecule has 1 fully saturated rings. The maximum atomic E-state index is 13.1. The maximum Gasteiger partial charge on any atom is 0.220 e. The molecule has 0 aromatic heterocycles. The van der Waals surface area contributed by atoms with Crippen LogP contribution >= 0.6 is 0 Å². The Bertz CT molecular complexity index is 1300. The highest BCUT2D eigenvalue weighted by molar-refractivity contribution is 5.76. The molecule has 1 rings (SSSR count). The van der Waals surface area contributed by atoms with E-state index in [2.05, 4.69) is 31.3 Å². The Morgan fingerprint density at radius 3 is 1.03 bits per heavy atom. The molecule has 0 bridgehead atoms. The molecule has 9 heteroatoms. The lowest BCUT2D eigenvalue weighted by atomic mass is 9.99. The van der Waals surface area contributed by atoms with Gasteiger partial charge in [-0.15, -0.1) is 0 Å². The van der Waals surface area contributed by atoms with Crippen molar-refractivity contribution < 1.29 is 39.8 Å². The predicted molar refractivity (Wildman–Crippen MR) is 337 cm³/mol. The molecule has 79 heavy (non-hydrogen) atoms. The molecular formula is C70H135NO8. The normalized spacial score (nSPS) is 18.6. The van der Waals surface area contributed by atoms with E-state index in [1.165, 1.54) is 302 Å². The van der Waals surface area contributed by atoms with E-state index in [9.17, 15) is 30.3 Å². The van der Waals surface area contributed by atoms with Crippen LogP contribution in [-0.4, -0.2) is 87.5 Å². The van der Waals surface area contributed by atoms with Gasteiger partial charge in [0.2, 0.25) is 5.91 Å². The lowest BCUT2D eigenvalue weighted by Gasteiger charge is -2.40. The summed E-state index contributed by atoms with van der Waals surface area (Å²) in [7, 11) is 0. The van der Waals surface area contributed by atoms with Crippen molar-refractivity contribution in [3.63, 3.8) is 0 Å². The van der Waals surface area contributed by atoms with Crippen LogP contribution in [0.2, 0.25) is 0 Å². The number of nitrogens with one attached hydrogen (secondary N) is 1. The third-order valence-corrected chi connectivity index (χ3v) is 17.0. The van der Waals surface area contributed by atoms with E-state index in [1.807, 2.05) is 6.08 Å². The third-order valence-electron chi connectivity index (χ3n) is 17.0. The highest BCUT2D eigenvalue weighted by Crippen LogP contribution is 2.23. The van der Waals surface area contributed by atoms with Crippen LogP contribution in [0.4, 0.5) is 0 Å². The molecule has 468 valence electrons. The van der Waals surface area contributed by atoms with E-state index in [1.54, 1.807) is 6.08 Å². The first-order valence-electron chi connectivity index (χ1n) is 35.1. The minimum Gasteiger partial charge on any atom is -0.394 e. The molecule has 0 aliphatic carbocycles. The number of ether oxygens (including phenoxy) is 2. The molecule has 1 saturated heterocycles. The minimum absolute atomic E-state index is 0.168. The van der Waals surface area contributed by atoms with E-state index in [4.69, 9.17) is 9.47 Å². The van der Waals surface area contributed by atoms with Gasteiger partial charge >= 0.3 is 0 Å². The fourth-order valence-electron chi connectivity index (χ4n) is 11.5. The van der Waals surface area contributed by atoms with Gasteiger partial charge in [-0.3, -0.25) is 4.79 Å². The first-order valence-corrected chi connectivity index (χ1v) is 35.1. The third kappa shape index (κ3) is 48.7. The van der Waals surface area contributed by atoms with Crippen LogP contribution in [-0.2, 0) is 14.3 Å². The van der Waals surface area contributed by atoms with Gasteiger partial charge in [-0.1, -0.05) is 334 Å². The van der Waals surface area contributed by atoms with Gasteiger partial charge < -0.3 is 40.3 Å². The van der Waals surface area contributed by atoms with Crippen molar-refractivity contribution in [2.45, 2.75) is 403 Å². The van der Waals surface area contributed by atoms with Crippen LogP contribution in [0.5, 0.6) is 0 Å². The molecular weight excluding hydrogens is 983 g/mol. The zero-order valence-electron chi connectivity index (χ0n) is 52.4. The Morgan fingerprint density at radius 2 is 0.709 bits per heavy atom. The molecule has 6 N–H and O–H groups in total. The molecule has 0 radical (unpaired) electrons. The van der Waals surface area contributed by atoms with E-state index >= 15 is 0 Å². The summed E-state index contributed by atoms with van der Waals surface area (Å²) in [6, 6.07) is -0.803. The predicted octanol–water partition coefficient (Wildman–Crippen LogP) is 18.9. The molecule has 0 saturated carbocycles. The molecule has 0 spiro atoms. The lowest BCUT2D eigenvalue weighted by molar-refractivity contribution is -0.302. The topological polar surface area (TPSA) is 149 Å². The molecule has 1 heterocycles. The van der Waals surface area contributed by atoms with Crippen LogP contribution in [0.15, 0.2) is 24.3 Å². The van der Waals surface area contributed by atoms with Gasteiger partial charge in [0.25, 0.3) is 0 Å². The zero-order valence-corrected chi connectivity index (χ0v) is 52.4. The van der Waals surface area contributed by atoms with E-state index in [0.717, 1.165) is 38.5 Å². The largest absolute Gasteiger partial charge is 0.394 e. The highest BCUT2D eigenvalue weighted by Gasteiger charge is 2.44. The number of aliphatic hydroxyl groups excluding tert-OH is 5. The molecule has 9 nitrogen and oxygen atoms in total. The summed E-state index contributed by atoms with van der Waals surface area (Å²) < 4.78 is 11.3. The van der Waals surface area contributed by atoms with Crippen molar-refractivity contribution in [3.8, 4) is 0 Å². The number of rotatable bonds is 62. The average molecular weight is 1120 g/mol. The molecule has 1 aliphatic heterocycles. The highest BCUT2D eigenvalue weighted by atomic mass is 16.7. The number of amides is 1. The second-order valence-electron chi connectivity index (χ2n) is 24.7. The SMILES string of the molecule is CCCCCCCCCC/C=C\CCCCCCCCCCCCCCCCCCCCCC(=O)NC(COC1OC(CO)C(O)C(O)C1O)C(O)/C=C/CCCCCCCCCCCCCCCCCCCCCCCCC. The summed E-state index contributed by atoms with van der Waals surface area (Å²) >= 11 is 0. The molecule has 1 amide bonds. The number of allylic oxidation sites excluding steroid dienone is 3. The molecule has 7 unspecified atom stereocenters. The lowest BCUT2D eigenvalue weighted by Crippen LogP contribution is -2.60.